The molecule has 1 saturated heterocycles. The third-order valence-corrected chi connectivity index (χ3v) is 4.65. The molecule has 1 aromatic heterocycles. The highest BCUT2D eigenvalue weighted by Crippen LogP contribution is 2.23. The zero-order valence-electron chi connectivity index (χ0n) is 8.90. The summed E-state index contributed by atoms with van der Waals surface area (Å²) in [4.78, 5) is 0. The molecule has 84 valence electrons. The smallest absolute Gasteiger partial charge is 0.1000 e. The summed E-state index contributed by atoms with van der Waals surface area (Å²) in [6.07, 6.45) is 1.23. The average Bonchev–Trinajstić information content (AvgIpc) is 2.88. The van der Waals surface area contributed by atoms with Crippen molar-refractivity contribution in [2.75, 3.05) is 18.1 Å². The summed E-state index contributed by atoms with van der Waals surface area (Å²) in [5, 5.41) is 17.7. The Labute approximate surface area is 99.1 Å². The van der Waals surface area contributed by atoms with Crippen molar-refractivity contribution in [1.82, 2.24) is 5.32 Å². The normalized spacial score (nSPS) is 25.3. The molecule has 0 radical (unpaired) electrons. The molecule has 0 bridgehead atoms. The molecule has 0 aromatic carbocycles. The largest absolute Gasteiger partial charge is 0.384 e. The second kappa shape index (κ2) is 4.87. The van der Waals surface area contributed by atoms with E-state index < -0.39 is 5.60 Å². The van der Waals surface area contributed by atoms with Gasteiger partial charge in [0.1, 0.15) is 0 Å². The summed E-state index contributed by atoms with van der Waals surface area (Å²) in [5.74, 6) is 2.43. The standard InChI is InChI=1S/C11H17NOS2/c1-11(13,9-2-4-14-6-9)8-12-10-3-5-15-7-10/h2,4,6,10,12-13H,3,5,7-8H2,1H3. The van der Waals surface area contributed by atoms with E-state index in [9.17, 15) is 5.11 Å². The van der Waals surface area contributed by atoms with Crippen molar-refractivity contribution in [3.8, 4) is 0 Å². The Bertz CT molecular complexity index is 292. The molecule has 1 aromatic rings. The van der Waals surface area contributed by atoms with E-state index in [1.165, 1.54) is 17.9 Å². The third-order valence-electron chi connectivity index (χ3n) is 2.81. The monoisotopic (exact) mass is 243 g/mol. The first-order valence-corrected chi connectivity index (χ1v) is 7.34. The fourth-order valence-electron chi connectivity index (χ4n) is 1.71. The van der Waals surface area contributed by atoms with Crippen LogP contribution in [0.1, 0.15) is 18.9 Å². The average molecular weight is 243 g/mol. The molecule has 2 rings (SSSR count). The molecule has 1 aliphatic rings. The zero-order chi connectivity index (χ0) is 10.7. The fourth-order valence-corrected chi connectivity index (χ4v) is 3.68. The Morgan fingerprint density at radius 2 is 2.53 bits per heavy atom. The summed E-state index contributed by atoms with van der Waals surface area (Å²) in [6, 6.07) is 2.58. The lowest BCUT2D eigenvalue weighted by molar-refractivity contribution is 0.0551. The summed E-state index contributed by atoms with van der Waals surface area (Å²) in [5.41, 5.74) is 0.290. The van der Waals surface area contributed by atoms with Crippen LogP contribution in [0.15, 0.2) is 16.8 Å². The second-order valence-corrected chi connectivity index (χ2v) is 6.16. The Morgan fingerprint density at radius 3 is 3.13 bits per heavy atom. The van der Waals surface area contributed by atoms with Crippen LogP contribution < -0.4 is 5.32 Å². The summed E-state index contributed by atoms with van der Waals surface area (Å²) < 4.78 is 0. The molecule has 2 N–H and O–H groups in total. The van der Waals surface area contributed by atoms with E-state index in [2.05, 4.69) is 5.32 Å². The molecule has 2 heterocycles. The van der Waals surface area contributed by atoms with E-state index in [1.54, 1.807) is 11.3 Å². The van der Waals surface area contributed by atoms with Crippen molar-refractivity contribution >= 4 is 23.1 Å². The molecular weight excluding hydrogens is 226 g/mol. The van der Waals surface area contributed by atoms with Gasteiger partial charge in [0, 0.05) is 18.3 Å². The highest BCUT2D eigenvalue weighted by Gasteiger charge is 2.25. The quantitative estimate of drug-likeness (QED) is 0.849. The molecule has 0 aliphatic carbocycles. The molecule has 4 heteroatoms. The van der Waals surface area contributed by atoms with E-state index >= 15 is 0 Å². The predicted molar refractivity (Wildman–Crippen MR) is 67.6 cm³/mol. The van der Waals surface area contributed by atoms with Gasteiger partial charge < -0.3 is 10.4 Å². The van der Waals surface area contributed by atoms with Crippen LogP contribution in [0, 0.1) is 0 Å². The molecular formula is C11H17NOS2. The highest BCUT2D eigenvalue weighted by atomic mass is 32.2. The van der Waals surface area contributed by atoms with Gasteiger partial charge in [0.2, 0.25) is 0 Å². The lowest BCUT2D eigenvalue weighted by Gasteiger charge is -2.25. The highest BCUT2D eigenvalue weighted by molar-refractivity contribution is 7.99. The van der Waals surface area contributed by atoms with E-state index in [-0.39, 0.29) is 0 Å². The van der Waals surface area contributed by atoms with Crippen LogP contribution in [0.25, 0.3) is 0 Å². The van der Waals surface area contributed by atoms with E-state index in [4.69, 9.17) is 0 Å². The summed E-state index contributed by atoms with van der Waals surface area (Å²) in [7, 11) is 0. The van der Waals surface area contributed by atoms with Gasteiger partial charge in [-0.2, -0.15) is 23.1 Å². The molecule has 2 atom stereocenters. The first kappa shape index (κ1) is 11.5. The molecule has 2 unspecified atom stereocenters. The number of hydrogen-bond donors (Lipinski definition) is 2. The van der Waals surface area contributed by atoms with E-state index in [0.29, 0.717) is 12.6 Å². The molecule has 0 spiro atoms. The number of aliphatic hydroxyl groups is 1. The molecule has 0 amide bonds. The van der Waals surface area contributed by atoms with Gasteiger partial charge in [-0.25, -0.2) is 0 Å². The fraction of sp³-hybridized carbons (Fsp3) is 0.636. The number of rotatable bonds is 4. The number of nitrogens with one attached hydrogen (secondary N) is 1. The van der Waals surface area contributed by atoms with Crippen LogP contribution in [0.5, 0.6) is 0 Å². The van der Waals surface area contributed by atoms with Gasteiger partial charge >= 0.3 is 0 Å². The Balaban J connectivity index is 1.87. The zero-order valence-corrected chi connectivity index (χ0v) is 10.5. The number of thiophene rings is 1. The summed E-state index contributed by atoms with van der Waals surface area (Å²) in [6.45, 7) is 2.53. The predicted octanol–water partition coefficient (Wildman–Crippen LogP) is 2.05. The summed E-state index contributed by atoms with van der Waals surface area (Å²) >= 11 is 3.62. The van der Waals surface area contributed by atoms with Gasteiger partial charge in [0.25, 0.3) is 0 Å². The van der Waals surface area contributed by atoms with Gasteiger partial charge in [-0.1, -0.05) is 0 Å². The Hall–Kier alpha value is -0.0300. The van der Waals surface area contributed by atoms with Crippen molar-refractivity contribution in [2.45, 2.75) is 25.0 Å². The van der Waals surface area contributed by atoms with Crippen LogP contribution in [0.4, 0.5) is 0 Å². The van der Waals surface area contributed by atoms with E-state index in [0.717, 1.165) is 5.56 Å². The first-order chi connectivity index (χ1) is 7.18. The maximum atomic E-state index is 10.3. The van der Waals surface area contributed by atoms with Crippen LogP contribution >= 0.6 is 23.1 Å². The van der Waals surface area contributed by atoms with Crippen molar-refractivity contribution in [3.63, 3.8) is 0 Å². The minimum Gasteiger partial charge on any atom is -0.384 e. The van der Waals surface area contributed by atoms with Crippen molar-refractivity contribution in [1.29, 1.82) is 0 Å². The van der Waals surface area contributed by atoms with Crippen LogP contribution in [-0.2, 0) is 5.60 Å². The van der Waals surface area contributed by atoms with Gasteiger partial charge in [0.05, 0.1) is 5.60 Å². The van der Waals surface area contributed by atoms with Crippen LogP contribution in [0.2, 0.25) is 0 Å². The Kier molecular flexibility index (Phi) is 3.72. The van der Waals surface area contributed by atoms with Crippen LogP contribution in [0.3, 0.4) is 0 Å². The first-order valence-electron chi connectivity index (χ1n) is 5.25. The van der Waals surface area contributed by atoms with Crippen LogP contribution in [-0.4, -0.2) is 29.2 Å². The SMILES string of the molecule is CC(O)(CNC1CCSC1)c1ccsc1. The van der Waals surface area contributed by atoms with Gasteiger partial charge in [0.15, 0.2) is 0 Å². The number of hydrogen-bond acceptors (Lipinski definition) is 4. The maximum absolute atomic E-state index is 10.3. The molecule has 2 nitrogen and oxygen atoms in total. The third kappa shape index (κ3) is 2.97. The lowest BCUT2D eigenvalue weighted by Crippen LogP contribution is -2.40. The van der Waals surface area contributed by atoms with Gasteiger partial charge in [-0.05, 0) is 41.5 Å². The molecule has 0 saturated carbocycles. The van der Waals surface area contributed by atoms with Gasteiger partial charge in [-0.15, -0.1) is 0 Å². The van der Waals surface area contributed by atoms with Crippen molar-refractivity contribution in [2.24, 2.45) is 0 Å². The maximum Gasteiger partial charge on any atom is 0.1000 e. The molecule has 15 heavy (non-hydrogen) atoms. The van der Waals surface area contributed by atoms with Crippen molar-refractivity contribution in [3.05, 3.63) is 22.4 Å². The Morgan fingerprint density at radius 1 is 1.67 bits per heavy atom. The minimum absolute atomic E-state index is 0.583. The van der Waals surface area contributed by atoms with Gasteiger partial charge in [-0.3, -0.25) is 0 Å². The van der Waals surface area contributed by atoms with Crippen molar-refractivity contribution < 1.29 is 5.11 Å². The second-order valence-electron chi connectivity index (χ2n) is 4.23. The van der Waals surface area contributed by atoms with E-state index in [1.807, 2.05) is 35.5 Å². The lowest BCUT2D eigenvalue weighted by atomic mass is 9.99. The topological polar surface area (TPSA) is 32.3 Å². The number of thioether (sulfide) groups is 1. The minimum atomic E-state index is -0.729. The molecule has 1 aliphatic heterocycles. The molecule has 1 fully saturated rings.